The molecule has 10 heavy (non-hydrogen) atoms. The first kappa shape index (κ1) is 11.1. The van der Waals surface area contributed by atoms with E-state index in [1.165, 1.54) is 0 Å². The Balaban J connectivity index is 3.44. The van der Waals surface area contributed by atoms with Crippen molar-refractivity contribution in [2.24, 2.45) is 0 Å². The van der Waals surface area contributed by atoms with Gasteiger partial charge in [0.25, 0.3) is 0 Å². The standard InChI is InChI=1S/C5H10OS4/c6-3(1-4(7)8)2-5(9)10/h4-5,7-10H,1-2H2. The van der Waals surface area contributed by atoms with Crippen LogP contribution >= 0.6 is 50.5 Å². The van der Waals surface area contributed by atoms with Gasteiger partial charge in [-0.25, -0.2) is 0 Å². The van der Waals surface area contributed by atoms with Crippen molar-refractivity contribution >= 4 is 56.3 Å². The largest absolute Gasteiger partial charge is 0.300 e. The fraction of sp³-hybridized carbons (Fsp3) is 0.800. The first-order chi connectivity index (χ1) is 4.52. The third-order valence-corrected chi connectivity index (χ3v) is 1.55. The number of rotatable bonds is 4. The molecule has 0 aliphatic carbocycles. The van der Waals surface area contributed by atoms with Crippen LogP contribution in [0.3, 0.4) is 0 Å². The molecule has 5 heteroatoms. The van der Waals surface area contributed by atoms with Crippen molar-refractivity contribution in [1.82, 2.24) is 0 Å². The zero-order chi connectivity index (χ0) is 8.15. The summed E-state index contributed by atoms with van der Waals surface area (Å²) in [7, 11) is 0. The number of carbonyl (C=O) groups excluding carboxylic acids is 1. The molecule has 0 saturated heterocycles. The van der Waals surface area contributed by atoms with Gasteiger partial charge in [-0.2, -0.15) is 50.5 Å². The normalized spacial score (nSPS) is 11.0. The molecule has 0 radical (unpaired) electrons. The molecule has 0 atom stereocenters. The van der Waals surface area contributed by atoms with Crippen LogP contribution in [0.4, 0.5) is 0 Å². The summed E-state index contributed by atoms with van der Waals surface area (Å²) in [6, 6.07) is 0. The predicted molar refractivity (Wildman–Crippen MR) is 57.8 cm³/mol. The lowest BCUT2D eigenvalue weighted by Gasteiger charge is -2.03. The molecule has 0 spiro atoms. The highest BCUT2D eigenvalue weighted by atomic mass is 32.2. The fourth-order valence-corrected chi connectivity index (χ4v) is 1.31. The van der Waals surface area contributed by atoms with Gasteiger partial charge in [0.2, 0.25) is 0 Å². The van der Waals surface area contributed by atoms with E-state index in [0.717, 1.165) is 0 Å². The maximum atomic E-state index is 10.9. The quantitative estimate of drug-likeness (QED) is 0.414. The van der Waals surface area contributed by atoms with Gasteiger partial charge in [0.15, 0.2) is 0 Å². The average molecular weight is 214 g/mol. The highest BCUT2D eigenvalue weighted by molar-refractivity contribution is 7.99. The summed E-state index contributed by atoms with van der Waals surface area (Å²) in [6.07, 6.45) is 0.758. The van der Waals surface area contributed by atoms with Crippen LogP contribution in [-0.2, 0) is 4.79 Å². The minimum atomic E-state index is -0.159. The molecule has 1 nitrogen and oxygen atoms in total. The second kappa shape index (κ2) is 5.69. The second-order valence-corrected chi connectivity index (χ2v) is 5.22. The van der Waals surface area contributed by atoms with Crippen LogP contribution in [0.5, 0.6) is 0 Å². The van der Waals surface area contributed by atoms with Crippen LogP contribution in [-0.4, -0.2) is 14.9 Å². The average Bonchev–Trinajstić information content (AvgIpc) is 1.58. The first-order valence-corrected chi connectivity index (χ1v) is 4.83. The minimum absolute atomic E-state index is 0.102. The second-order valence-electron chi connectivity index (χ2n) is 1.91. The molecule has 0 rings (SSSR count). The van der Waals surface area contributed by atoms with Crippen LogP contribution in [0.1, 0.15) is 12.8 Å². The predicted octanol–water partition coefficient (Wildman–Crippen LogP) is 1.71. The van der Waals surface area contributed by atoms with Crippen LogP contribution < -0.4 is 0 Å². The lowest BCUT2D eigenvalue weighted by atomic mass is 10.2. The summed E-state index contributed by atoms with van der Waals surface area (Å²) in [5.41, 5.74) is 0. The highest BCUT2D eigenvalue weighted by Crippen LogP contribution is 2.12. The van der Waals surface area contributed by atoms with Crippen LogP contribution in [0, 0.1) is 0 Å². The van der Waals surface area contributed by atoms with Gasteiger partial charge < -0.3 is 0 Å². The number of thiol groups is 4. The van der Waals surface area contributed by atoms with Gasteiger partial charge in [0.05, 0.1) is 9.16 Å². The molecule has 0 heterocycles. The Morgan fingerprint density at radius 1 is 1.00 bits per heavy atom. The summed E-state index contributed by atoms with van der Waals surface area (Å²) in [5, 5.41) is 0. The van der Waals surface area contributed by atoms with Crippen molar-refractivity contribution in [2.75, 3.05) is 0 Å². The smallest absolute Gasteiger partial charge is 0.136 e. The van der Waals surface area contributed by atoms with Crippen molar-refractivity contribution in [2.45, 2.75) is 22.0 Å². The van der Waals surface area contributed by atoms with Crippen molar-refractivity contribution < 1.29 is 4.79 Å². The highest BCUT2D eigenvalue weighted by Gasteiger charge is 2.08. The lowest BCUT2D eigenvalue weighted by molar-refractivity contribution is -0.118. The molecule has 60 valence electrons. The molecule has 0 unspecified atom stereocenters. The lowest BCUT2D eigenvalue weighted by Crippen LogP contribution is -2.06. The summed E-state index contributed by atoms with van der Waals surface area (Å²) in [6.45, 7) is 0. The Morgan fingerprint density at radius 2 is 1.30 bits per heavy atom. The molecular weight excluding hydrogens is 204 g/mol. The van der Waals surface area contributed by atoms with Crippen molar-refractivity contribution in [3.8, 4) is 0 Å². The van der Waals surface area contributed by atoms with E-state index < -0.39 is 0 Å². The third-order valence-electron chi connectivity index (χ3n) is 0.820. The topological polar surface area (TPSA) is 17.1 Å². The van der Waals surface area contributed by atoms with Crippen molar-refractivity contribution in [1.29, 1.82) is 0 Å². The number of hydrogen-bond acceptors (Lipinski definition) is 5. The zero-order valence-electron chi connectivity index (χ0n) is 5.27. The molecule has 0 aromatic heterocycles. The number of Topliss-reactive ketones (excluding diaryl/α,β-unsaturated/α-hetero) is 1. The van der Waals surface area contributed by atoms with E-state index >= 15 is 0 Å². The van der Waals surface area contributed by atoms with Gasteiger partial charge in [-0.3, -0.25) is 4.79 Å². The molecular formula is C5H10OS4. The van der Waals surface area contributed by atoms with E-state index in [2.05, 4.69) is 50.5 Å². The number of carbonyl (C=O) groups is 1. The Bertz CT molecular complexity index is 100. The third kappa shape index (κ3) is 7.18. The van der Waals surface area contributed by atoms with E-state index in [1.54, 1.807) is 0 Å². The Morgan fingerprint density at radius 3 is 1.50 bits per heavy atom. The van der Waals surface area contributed by atoms with Gasteiger partial charge >= 0.3 is 0 Å². The Kier molecular flexibility index (Phi) is 6.29. The van der Waals surface area contributed by atoms with Crippen molar-refractivity contribution in [3.63, 3.8) is 0 Å². The summed E-state index contributed by atoms with van der Waals surface area (Å²) in [4.78, 5) is 10.9. The van der Waals surface area contributed by atoms with E-state index in [1.807, 2.05) is 0 Å². The monoisotopic (exact) mass is 214 g/mol. The first-order valence-electron chi connectivity index (χ1n) is 2.76. The fourth-order valence-electron chi connectivity index (χ4n) is 0.491. The molecule has 0 bridgehead atoms. The number of ketones is 1. The summed E-state index contributed by atoms with van der Waals surface area (Å²) < 4.78 is -0.319. The summed E-state index contributed by atoms with van der Waals surface area (Å²) in [5.74, 6) is 0.102. The van der Waals surface area contributed by atoms with Gasteiger partial charge in [0, 0.05) is 12.8 Å². The molecule has 0 aliphatic rings. The van der Waals surface area contributed by atoms with Gasteiger partial charge in [-0.05, 0) is 0 Å². The van der Waals surface area contributed by atoms with Crippen molar-refractivity contribution in [3.05, 3.63) is 0 Å². The maximum absolute atomic E-state index is 10.9. The zero-order valence-corrected chi connectivity index (χ0v) is 8.84. The number of hydrogen-bond donors (Lipinski definition) is 4. The molecule has 0 aromatic rings. The minimum Gasteiger partial charge on any atom is -0.300 e. The van der Waals surface area contributed by atoms with Crippen LogP contribution in [0.15, 0.2) is 0 Å². The van der Waals surface area contributed by atoms with Crippen LogP contribution in [0.2, 0.25) is 0 Å². The van der Waals surface area contributed by atoms with Gasteiger partial charge in [-0.15, -0.1) is 0 Å². The molecule has 0 aromatic carbocycles. The maximum Gasteiger partial charge on any atom is 0.136 e. The van der Waals surface area contributed by atoms with E-state index in [0.29, 0.717) is 12.8 Å². The Labute approximate surface area is 83.0 Å². The molecule has 0 aliphatic heterocycles. The molecule has 0 amide bonds. The SMILES string of the molecule is O=C(CC(S)S)CC(S)S. The van der Waals surface area contributed by atoms with E-state index in [9.17, 15) is 4.79 Å². The Hall–Kier alpha value is 1.07. The molecule has 0 saturated carbocycles. The van der Waals surface area contributed by atoms with Crippen LogP contribution in [0.25, 0.3) is 0 Å². The van der Waals surface area contributed by atoms with Gasteiger partial charge in [-0.1, -0.05) is 0 Å². The molecule has 0 fully saturated rings. The van der Waals surface area contributed by atoms with E-state index in [4.69, 9.17) is 0 Å². The van der Waals surface area contributed by atoms with E-state index in [-0.39, 0.29) is 14.9 Å². The van der Waals surface area contributed by atoms with Gasteiger partial charge in [0.1, 0.15) is 5.78 Å². The molecule has 0 N–H and O–H groups in total. The summed E-state index contributed by atoms with van der Waals surface area (Å²) >= 11 is 15.8.